The Balaban J connectivity index is 2.66. The highest BCUT2D eigenvalue weighted by Crippen LogP contribution is 2.37. The van der Waals surface area contributed by atoms with Gasteiger partial charge < -0.3 is 9.47 Å². The van der Waals surface area contributed by atoms with Crippen LogP contribution in [0, 0.1) is 10.8 Å². The zero-order valence-electron chi connectivity index (χ0n) is 12.7. The fraction of sp³-hybridized carbons (Fsp3) is 1.00. The third kappa shape index (κ3) is 4.59. The first kappa shape index (κ1) is 15.0. The maximum Gasteiger partial charge on any atom is 0.155 e. The lowest BCUT2D eigenvalue weighted by Gasteiger charge is -2.43. The Bertz CT molecular complexity index is 240. The summed E-state index contributed by atoms with van der Waals surface area (Å²) in [6.07, 6.45) is 3.89. The Morgan fingerprint density at radius 1 is 1.06 bits per heavy atom. The van der Waals surface area contributed by atoms with Gasteiger partial charge in [-0.25, -0.2) is 0 Å². The van der Waals surface area contributed by atoms with Crippen LogP contribution in [0.2, 0.25) is 0 Å². The molecule has 0 N–H and O–H groups in total. The molecule has 2 heteroatoms. The Morgan fingerprint density at radius 2 is 1.65 bits per heavy atom. The third-order valence-electron chi connectivity index (χ3n) is 3.84. The summed E-state index contributed by atoms with van der Waals surface area (Å²) in [5, 5.41) is 0. The highest BCUT2D eigenvalue weighted by molar-refractivity contribution is 4.85. The molecule has 102 valence electrons. The van der Waals surface area contributed by atoms with Gasteiger partial charge in [-0.1, -0.05) is 41.5 Å². The van der Waals surface area contributed by atoms with Crippen molar-refractivity contribution in [1.29, 1.82) is 0 Å². The minimum absolute atomic E-state index is 0.0630. The van der Waals surface area contributed by atoms with Crippen LogP contribution < -0.4 is 0 Å². The topological polar surface area (TPSA) is 18.5 Å². The van der Waals surface area contributed by atoms with E-state index in [1.54, 1.807) is 0 Å². The van der Waals surface area contributed by atoms with Gasteiger partial charge in [0.05, 0.1) is 12.2 Å². The van der Waals surface area contributed by atoms with Crippen molar-refractivity contribution in [2.75, 3.05) is 0 Å². The third-order valence-corrected chi connectivity index (χ3v) is 3.84. The number of hydrogen-bond donors (Lipinski definition) is 0. The lowest BCUT2D eigenvalue weighted by molar-refractivity contribution is -0.259. The van der Waals surface area contributed by atoms with E-state index in [0.29, 0.717) is 17.6 Å². The first-order valence-electron chi connectivity index (χ1n) is 6.95. The predicted molar refractivity (Wildman–Crippen MR) is 72.0 cm³/mol. The van der Waals surface area contributed by atoms with Crippen molar-refractivity contribution < 1.29 is 9.47 Å². The zero-order chi connectivity index (χ0) is 13.3. The van der Waals surface area contributed by atoms with Crippen LogP contribution in [0.4, 0.5) is 0 Å². The molecule has 1 heterocycles. The highest BCUT2D eigenvalue weighted by atomic mass is 16.7. The molecule has 3 unspecified atom stereocenters. The second-order valence-electron chi connectivity index (χ2n) is 7.29. The molecule has 0 bridgehead atoms. The minimum atomic E-state index is -0.0630. The molecule has 1 fully saturated rings. The van der Waals surface area contributed by atoms with Crippen LogP contribution in [-0.2, 0) is 9.47 Å². The number of hydrogen-bond acceptors (Lipinski definition) is 2. The second-order valence-corrected chi connectivity index (χ2v) is 7.29. The summed E-state index contributed by atoms with van der Waals surface area (Å²) in [4.78, 5) is 0. The van der Waals surface area contributed by atoms with Crippen molar-refractivity contribution in [3.63, 3.8) is 0 Å². The van der Waals surface area contributed by atoms with Gasteiger partial charge in [0.25, 0.3) is 0 Å². The predicted octanol–water partition coefficient (Wildman–Crippen LogP) is 4.38. The maximum atomic E-state index is 5.96. The Kier molecular flexibility index (Phi) is 4.65. The van der Waals surface area contributed by atoms with E-state index in [4.69, 9.17) is 9.47 Å². The molecular weight excluding hydrogens is 212 g/mol. The van der Waals surface area contributed by atoms with E-state index in [1.807, 2.05) is 6.92 Å². The molecule has 1 aliphatic rings. The summed E-state index contributed by atoms with van der Waals surface area (Å²) in [5.41, 5.74) is 0.566. The van der Waals surface area contributed by atoms with Gasteiger partial charge in [-0.15, -0.1) is 0 Å². The molecule has 0 aromatic heterocycles. The van der Waals surface area contributed by atoms with Crippen LogP contribution in [0.3, 0.4) is 0 Å². The average Bonchev–Trinajstić information content (AvgIpc) is 2.14. The lowest BCUT2D eigenvalue weighted by atomic mass is 9.78. The van der Waals surface area contributed by atoms with Crippen LogP contribution in [-0.4, -0.2) is 18.5 Å². The number of rotatable bonds is 3. The summed E-state index contributed by atoms with van der Waals surface area (Å²) < 4.78 is 11.9. The molecule has 1 rings (SSSR count). The van der Waals surface area contributed by atoms with Crippen molar-refractivity contribution >= 4 is 0 Å². The van der Waals surface area contributed by atoms with Gasteiger partial charge in [0, 0.05) is 6.42 Å². The fourth-order valence-corrected chi connectivity index (χ4v) is 2.43. The maximum absolute atomic E-state index is 5.96. The Hall–Kier alpha value is -0.0800. The summed E-state index contributed by atoms with van der Waals surface area (Å²) in [6, 6.07) is 0. The normalized spacial score (nSPS) is 31.6. The van der Waals surface area contributed by atoms with Crippen molar-refractivity contribution in [3.05, 3.63) is 0 Å². The molecule has 0 spiro atoms. The van der Waals surface area contributed by atoms with E-state index in [2.05, 4.69) is 41.5 Å². The van der Waals surface area contributed by atoms with Crippen molar-refractivity contribution in [3.8, 4) is 0 Å². The SMILES string of the molecule is CCC(C)(C)C1CC(CC(C)(C)C)OC(C)O1. The molecule has 1 aliphatic heterocycles. The van der Waals surface area contributed by atoms with Crippen LogP contribution in [0.5, 0.6) is 0 Å². The molecular formula is C15H30O2. The molecule has 0 saturated carbocycles. The molecule has 3 atom stereocenters. The van der Waals surface area contributed by atoms with Gasteiger partial charge in [0.1, 0.15) is 0 Å². The fourth-order valence-electron chi connectivity index (χ4n) is 2.43. The minimum Gasteiger partial charge on any atom is -0.350 e. The molecule has 0 radical (unpaired) electrons. The van der Waals surface area contributed by atoms with E-state index in [1.165, 1.54) is 0 Å². The van der Waals surface area contributed by atoms with Gasteiger partial charge in [-0.2, -0.15) is 0 Å². The lowest BCUT2D eigenvalue weighted by Crippen LogP contribution is -2.45. The van der Waals surface area contributed by atoms with Crippen molar-refractivity contribution in [1.82, 2.24) is 0 Å². The van der Waals surface area contributed by atoms with Gasteiger partial charge in [-0.05, 0) is 30.6 Å². The molecule has 0 amide bonds. The van der Waals surface area contributed by atoms with Crippen LogP contribution >= 0.6 is 0 Å². The zero-order valence-corrected chi connectivity index (χ0v) is 12.7. The smallest absolute Gasteiger partial charge is 0.155 e. The monoisotopic (exact) mass is 242 g/mol. The van der Waals surface area contributed by atoms with Gasteiger partial charge >= 0.3 is 0 Å². The van der Waals surface area contributed by atoms with E-state index in [9.17, 15) is 0 Å². The first-order valence-corrected chi connectivity index (χ1v) is 6.95. The standard InChI is InChI=1S/C15H30O2/c1-8-15(6,7)13-9-12(10-14(3,4)5)16-11(2)17-13/h11-13H,8-10H2,1-7H3. The second kappa shape index (κ2) is 5.27. The van der Waals surface area contributed by atoms with Gasteiger partial charge in [-0.3, -0.25) is 0 Å². The summed E-state index contributed by atoms with van der Waals surface area (Å²) in [7, 11) is 0. The van der Waals surface area contributed by atoms with Crippen molar-refractivity contribution in [2.45, 2.75) is 86.2 Å². The molecule has 0 aromatic rings. The van der Waals surface area contributed by atoms with Crippen LogP contribution in [0.25, 0.3) is 0 Å². The Labute approximate surface area is 107 Å². The average molecular weight is 242 g/mol. The molecule has 17 heavy (non-hydrogen) atoms. The van der Waals surface area contributed by atoms with E-state index >= 15 is 0 Å². The van der Waals surface area contributed by atoms with E-state index in [-0.39, 0.29) is 11.7 Å². The van der Waals surface area contributed by atoms with Crippen molar-refractivity contribution in [2.24, 2.45) is 10.8 Å². The Morgan fingerprint density at radius 3 is 2.12 bits per heavy atom. The summed E-state index contributed by atoms with van der Waals surface area (Å²) in [6.45, 7) is 15.7. The van der Waals surface area contributed by atoms with Crippen LogP contribution in [0.15, 0.2) is 0 Å². The molecule has 2 nitrogen and oxygen atoms in total. The largest absolute Gasteiger partial charge is 0.350 e. The van der Waals surface area contributed by atoms with Gasteiger partial charge in [0.15, 0.2) is 6.29 Å². The molecule has 1 saturated heterocycles. The van der Waals surface area contributed by atoms with Crippen LogP contribution in [0.1, 0.15) is 67.7 Å². The highest BCUT2D eigenvalue weighted by Gasteiger charge is 2.37. The summed E-state index contributed by atoms with van der Waals surface area (Å²) in [5.74, 6) is 0. The molecule has 0 aromatic carbocycles. The summed E-state index contributed by atoms with van der Waals surface area (Å²) >= 11 is 0. The quantitative estimate of drug-likeness (QED) is 0.731. The number of ether oxygens (including phenoxy) is 2. The van der Waals surface area contributed by atoms with Gasteiger partial charge in [0.2, 0.25) is 0 Å². The van der Waals surface area contributed by atoms with E-state index < -0.39 is 0 Å². The molecule has 0 aliphatic carbocycles. The first-order chi connectivity index (χ1) is 7.64. The van der Waals surface area contributed by atoms with E-state index in [0.717, 1.165) is 19.3 Å².